The predicted molar refractivity (Wildman–Crippen MR) is 88.5 cm³/mol. The number of carbonyl (C=O) groups excluding carboxylic acids is 1. The number of thiocarbonyl (C=S) groups is 1. The fourth-order valence-electron chi connectivity index (χ4n) is 2.39. The minimum atomic E-state index is -0.665. The molecule has 1 heterocycles. The first-order chi connectivity index (χ1) is 9.91. The first kappa shape index (κ1) is 15.5. The van der Waals surface area contributed by atoms with Crippen LogP contribution >= 0.6 is 12.2 Å². The van der Waals surface area contributed by atoms with Crippen molar-refractivity contribution in [2.75, 3.05) is 0 Å². The Kier molecular flexibility index (Phi) is 4.32. The third kappa shape index (κ3) is 2.93. The van der Waals surface area contributed by atoms with Gasteiger partial charge in [-0.2, -0.15) is 0 Å². The van der Waals surface area contributed by atoms with Crippen LogP contribution in [0.15, 0.2) is 28.7 Å². The van der Waals surface area contributed by atoms with Crippen molar-refractivity contribution < 1.29 is 9.21 Å². The summed E-state index contributed by atoms with van der Waals surface area (Å²) in [5.74, 6) is -0.0153. The summed E-state index contributed by atoms with van der Waals surface area (Å²) in [6.07, 6.45) is 1.29. The van der Waals surface area contributed by atoms with Crippen molar-refractivity contribution >= 4 is 34.1 Å². The van der Waals surface area contributed by atoms with Gasteiger partial charge in [-0.1, -0.05) is 37.7 Å². The van der Waals surface area contributed by atoms with Crippen LogP contribution in [0.4, 0.5) is 0 Å². The van der Waals surface area contributed by atoms with Gasteiger partial charge in [0.2, 0.25) is 0 Å². The summed E-state index contributed by atoms with van der Waals surface area (Å²) in [6, 6.07) is 7.54. The van der Waals surface area contributed by atoms with Gasteiger partial charge in [-0.25, -0.2) is 0 Å². The molecule has 4 nitrogen and oxygen atoms in total. The number of hydrogen-bond donors (Lipinski definition) is 2. The second kappa shape index (κ2) is 5.85. The quantitative estimate of drug-likeness (QED) is 0.832. The number of carbonyl (C=O) groups is 1. The van der Waals surface area contributed by atoms with Gasteiger partial charge in [0.25, 0.3) is 5.91 Å². The van der Waals surface area contributed by atoms with Crippen molar-refractivity contribution in [3.05, 3.63) is 35.6 Å². The molecular weight excluding hydrogens is 284 g/mol. The summed E-state index contributed by atoms with van der Waals surface area (Å²) in [6.45, 7) is 5.90. The van der Waals surface area contributed by atoms with Gasteiger partial charge in [0.15, 0.2) is 5.76 Å². The van der Waals surface area contributed by atoms with Gasteiger partial charge in [-0.3, -0.25) is 4.79 Å². The monoisotopic (exact) mass is 304 g/mol. The van der Waals surface area contributed by atoms with Crippen LogP contribution in [0, 0.1) is 6.92 Å². The van der Waals surface area contributed by atoms with E-state index >= 15 is 0 Å². The number of benzene rings is 1. The van der Waals surface area contributed by atoms with Crippen LogP contribution in [0.5, 0.6) is 0 Å². The molecule has 112 valence electrons. The third-order valence-electron chi connectivity index (χ3n) is 3.93. The molecule has 0 bridgehead atoms. The SMILES string of the molecule is CCC(CC)(NC(=O)c1cc2cc(C)ccc2o1)C(N)=S. The molecule has 0 fully saturated rings. The van der Waals surface area contributed by atoms with Crippen LogP contribution in [-0.4, -0.2) is 16.4 Å². The van der Waals surface area contributed by atoms with E-state index in [4.69, 9.17) is 22.4 Å². The minimum absolute atomic E-state index is 0.276. The van der Waals surface area contributed by atoms with Gasteiger partial charge >= 0.3 is 0 Å². The minimum Gasteiger partial charge on any atom is -0.451 e. The average molecular weight is 304 g/mol. The number of aryl methyl sites for hydroxylation is 1. The number of amides is 1. The number of furan rings is 1. The predicted octanol–water partition coefficient (Wildman–Crippen LogP) is 3.32. The zero-order chi connectivity index (χ0) is 15.6. The molecule has 21 heavy (non-hydrogen) atoms. The highest BCUT2D eigenvalue weighted by Gasteiger charge is 2.32. The number of hydrogen-bond acceptors (Lipinski definition) is 3. The van der Waals surface area contributed by atoms with E-state index in [1.165, 1.54) is 0 Å². The van der Waals surface area contributed by atoms with Crippen molar-refractivity contribution in [1.82, 2.24) is 5.32 Å². The molecule has 0 saturated carbocycles. The van der Waals surface area contributed by atoms with Crippen molar-refractivity contribution in [3.63, 3.8) is 0 Å². The second-order valence-corrected chi connectivity index (χ2v) is 5.70. The normalized spacial score (nSPS) is 11.6. The van der Waals surface area contributed by atoms with E-state index in [0.29, 0.717) is 23.4 Å². The van der Waals surface area contributed by atoms with Crippen LogP contribution in [0.1, 0.15) is 42.8 Å². The highest BCUT2D eigenvalue weighted by molar-refractivity contribution is 7.80. The first-order valence-corrected chi connectivity index (χ1v) is 7.45. The van der Waals surface area contributed by atoms with Gasteiger partial charge in [-0.15, -0.1) is 0 Å². The van der Waals surface area contributed by atoms with Crippen molar-refractivity contribution in [2.45, 2.75) is 39.2 Å². The molecule has 0 atom stereocenters. The van der Waals surface area contributed by atoms with E-state index in [1.807, 2.05) is 39.0 Å². The van der Waals surface area contributed by atoms with Crippen LogP contribution in [0.2, 0.25) is 0 Å². The highest BCUT2D eigenvalue weighted by atomic mass is 32.1. The molecule has 2 aromatic rings. The van der Waals surface area contributed by atoms with E-state index in [-0.39, 0.29) is 11.7 Å². The highest BCUT2D eigenvalue weighted by Crippen LogP contribution is 2.22. The van der Waals surface area contributed by atoms with Gasteiger partial charge in [0.1, 0.15) is 5.58 Å². The maximum Gasteiger partial charge on any atom is 0.287 e. The van der Waals surface area contributed by atoms with Gasteiger partial charge in [-0.05, 0) is 38.0 Å². The Balaban J connectivity index is 2.31. The topological polar surface area (TPSA) is 68.3 Å². The number of nitrogens with two attached hydrogens (primary N) is 1. The van der Waals surface area contributed by atoms with Crippen LogP contribution in [0.25, 0.3) is 11.0 Å². The molecule has 5 heteroatoms. The summed E-state index contributed by atoms with van der Waals surface area (Å²) in [7, 11) is 0. The molecule has 1 aromatic heterocycles. The molecule has 2 rings (SSSR count). The van der Waals surface area contributed by atoms with E-state index in [9.17, 15) is 4.79 Å². The summed E-state index contributed by atoms with van der Waals surface area (Å²) in [5.41, 5.74) is 6.95. The molecule has 0 spiro atoms. The largest absolute Gasteiger partial charge is 0.451 e. The lowest BCUT2D eigenvalue weighted by atomic mass is 9.92. The smallest absolute Gasteiger partial charge is 0.287 e. The van der Waals surface area contributed by atoms with E-state index < -0.39 is 5.54 Å². The molecule has 0 saturated heterocycles. The number of fused-ring (bicyclic) bond motifs is 1. The van der Waals surface area contributed by atoms with Crippen LogP contribution < -0.4 is 11.1 Å². The van der Waals surface area contributed by atoms with E-state index in [1.54, 1.807) is 6.07 Å². The number of nitrogens with one attached hydrogen (secondary N) is 1. The lowest BCUT2D eigenvalue weighted by Gasteiger charge is -2.31. The molecular formula is C16H20N2O2S. The molecule has 0 aliphatic heterocycles. The van der Waals surface area contributed by atoms with Gasteiger partial charge in [0.05, 0.1) is 10.5 Å². The maximum absolute atomic E-state index is 12.4. The molecule has 0 unspecified atom stereocenters. The standard InChI is InChI=1S/C16H20N2O2S/c1-4-16(5-2,15(17)21)18-14(19)13-9-11-8-10(3)6-7-12(11)20-13/h6-9H,4-5H2,1-3H3,(H2,17,21)(H,18,19). The van der Waals surface area contributed by atoms with Crippen molar-refractivity contribution in [3.8, 4) is 0 Å². The fraction of sp³-hybridized carbons (Fsp3) is 0.375. The Morgan fingerprint density at radius 1 is 1.33 bits per heavy atom. The Morgan fingerprint density at radius 3 is 2.57 bits per heavy atom. The van der Waals surface area contributed by atoms with E-state index in [2.05, 4.69) is 5.32 Å². The third-order valence-corrected chi connectivity index (χ3v) is 4.32. The zero-order valence-corrected chi connectivity index (χ0v) is 13.3. The Bertz CT molecular complexity index is 687. The Hall–Kier alpha value is -1.88. The summed E-state index contributed by atoms with van der Waals surface area (Å²) in [5, 5.41) is 3.83. The average Bonchev–Trinajstić information content (AvgIpc) is 2.87. The Morgan fingerprint density at radius 2 is 2.00 bits per heavy atom. The summed E-state index contributed by atoms with van der Waals surface area (Å²) >= 11 is 5.11. The zero-order valence-electron chi connectivity index (χ0n) is 12.5. The van der Waals surface area contributed by atoms with Crippen molar-refractivity contribution in [1.29, 1.82) is 0 Å². The molecule has 0 aliphatic carbocycles. The molecule has 1 amide bonds. The van der Waals surface area contributed by atoms with Crippen molar-refractivity contribution in [2.24, 2.45) is 5.73 Å². The van der Waals surface area contributed by atoms with Crippen LogP contribution in [0.3, 0.4) is 0 Å². The van der Waals surface area contributed by atoms with Gasteiger partial charge in [0, 0.05) is 5.39 Å². The number of rotatable bonds is 5. The Labute approximate surface area is 129 Å². The van der Waals surface area contributed by atoms with Gasteiger partial charge < -0.3 is 15.5 Å². The molecule has 0 aliphatic rings. The maximum atomic E-state index is 12.4. The lowest BCUT2D eigenvalue weighted by Crippen LogP contribution is -2.55. The van der Waals surface area contributed by atoms with E-state index in [0.717, 1.165) is 10.9 Å². The fourth-order valence-corrected chi connectivity index (χ4v) is 2.73. The lowest BCUT2D eigenvalue weighted by molar-refractivity contribution is 0.0893. The second-order valence-electron chi connectivity index (χ2n) is 5.26. The molecule has 0 radical (unpaired) electrons. The summed E-state index contributed by atoms with van der Waals surface area (Å²) in [4.78, 5) is 12.7. The molecule has 1 aromatic carbocycles. The summed E-state index contributed by atoms with van der Waals surface area (Å²) < 4.78 is 5.60. The molecule has 3 N–H and O–H groups in total. The van der Waals surface area contributed by atoms with Crippen LogP contribution in [-0.2, 0) is 0 Å². The first-order valence-electron chi connectivity index (χ1n) is 7.04.